The monoisotopic (exact) mass is 360 g/mol. The second-order valence-corrected chi connectivity index (χ2v) is 5.66. The van der Waals surface area contributed by atoms with Crippen LogP contribution in [0.2, 0.25) is 0 Å². The van der Waals surface area contributed by atoms with Crippen LogP contribution in [0.15, 0.2) is 53.0 Å². The molecular weight excluding hydrogens is 350 g/mol. The van der Waals surface area contributed by atoms with E-state index in [1.54, 1.807) is 18.2 Å². The van der Waals surface area contributed by atoms with Crippen LogP contribution in [0, 0.1) is 0 Å². The summed E-state index contributed by atoms with van der Waals surface area (Å²) in [6.45, 7) is -2.86. The van der Waals surface area contributed by atoms with Gasteiger partial charge in [0.25, 0.3) is 0 Å². The SMILES string of the molecule is FC(F)Oc1ccccc1C(Cl)Cc1cccc(Br)c1. The van der Waals surface area contributed by atoms with Gasteiger partial charge in [-0.2, -0.15) is 8.78 Å². The Labute approximate surface area is 129 Å². The molecule has 1 nitrogen and oxygen atoms in total. The Hall–Kier alpha value is -1.13. The summed E-state index contributed by atoms with van der Waals surface area (Å²) in [5, 5.41) is -0.431. The van der Waals surface area contributed by atoms with E-state index in [-0.39, 0.29) is 5.75 Å². The van der Waals surface area contributed by atoms with Crippen LogP contribution in [0.5, 0.6) is 5.75 Å². The van der Waals surface area contributed by atoms with Crippen LogP contribution in [0.1, 0.15) is 16.5 Å². The molecule has 0 aliphatic rings. The number of benzene rings is 2. The van der Waals surface area contributed by atoms with Gasteiger partial charge in [0, 0.05) is 10.0 Å². The van der Waals surface area contributed by atoms with Gasteiger partial charge in [0.2, 0.25) is 0 Å². The van der Waals surface area contributed by atoms with Gasteiger partial charge in [-0.1, -0.05) is 46.3 Å². The van der Waals surface area contributed by atoms with E-state index in [4.69, 9.17) is 11.6 Å². The third-order valence-electron chi connectivity index (χ3n) is 2.78. The van der Waals surface area contributed by atoms with Crippen LogP contribution in [-0.2, 0) is 6.42 Å². The largest absolute Gasteiger partial charge is 0.434 e. The smallest absolute Gasteiger partial charge is 0.387 e. The zero-order chi connectivity index (χ0) is 14.5. The molecule has 0 saturated heterocycles. The van der Waals surface area contributed by atoms with Gasteiger partial charge in [0.15, 0.2) is 0 Å². The Morgan fingerprint density at radius 3 is 2.55 bits per heavy atom. The Balaban J connectivity index is 2.18. The van der Waals surface area contributed by atoms with Gasteiger partial charge in [0.05, 0.1) is 5.38 Å². The van der Waals surface area contributed by atoms with E-state index in [0.717, 1.165) is 10.0 Å². The molecule has 1 unspecified atom stereocenters. The molecule has 0 radical (unpaired) electrons. The standard InChI is InChI=1S/C15H12BrClF2O/c16-11-5-3-4-10(8-11)9-13(17)12-6-1-2-7-14(12)20-15(18)19/h1-8,13,15H,9H2. The highest BCUT2D eigenvalue weighted by Gasteiger charge is 2.16. The van der Waals surface area contributed by atoms with Crippen molar-refractivity contribution in [3.8, 4) is 5.75 Å². The topological polar surface area (TPSA) is 9.23 Å². The number of rotatable bonds is 5. The maximum atomic E-state index is 12.4. The lowest BCUT2D eigenvalue weighted by atomic mass is 10.0. The third-order valence-corrected chi connectivity index (χ3v) is 3.66. The van der Waals surface area contributed by atoms with Crippen LogP contribution in [0.25, 0.3) is 0 Å². The van der Waals surface area contributed by atoms with E-state index in [0.29, 0.717) is 12.0 Å². The summed E-state index contributed by atoms with van der Waals surface area (Å²) in [5.41, 5.74) is 1.58. The lowest BCUT2D eigenvalue weighted by Crippen LogP contribution is -2.06. The molecule has 0 aromatic heterocycles. The van der Waals surface area contributed by atoms with Crippen molar-refractivity contribution in [2.75, 3.05) is 0 Å². The van der Waals surface area contributed by atoms with Crippen molar-refractivity contribution in [1.29, 1.82) is 0 Å². The van der Waals surface area contributed by atoms with Gasteiger partial charge in [-0.3, -0.25) is 0 Å². The number of hydrogen-bond acceptors (Lipinski definition) is 1. The average molecular weight is 362 g/mol. The van der Waals surface area contributed by atoms with E-state index in [1.165, 1.54) is 6.07 Å². The Bertz CT molecular complexity index is 577. The predicted molar refractivity (Wildman–Crippen MR) is 79.5 cm³/mol. The van der Waals surface area contributed by atoms with E-state index in [2.05, 4.69) is 20.7 Å². The van der Waals surface area contributed by atoms with E-state index in [1.807, 2.05) is 24.3 Å². The number of halogens is 4. The van der Waals surface area contributed by atoms with Crippen molar-refractivity contribution < 1.29 is 13.5 Å². The first-order valence-electron chi connectivity index (χ1n) is 5.98. The fourth-order valence-corrected chi connectivity index (χ4v) is 2.73. The second-order valence-electron chi connectivity index (χ2n) is 4.22. The van der Waals surface area contributed by atoms with Gasteiger partial charge in [-0.15, -0.1) is 11.6 Å². The van der Waals surface area contributed by atoms with Gasteiger partial charge in [0.1, 0.15) is 5.75 Å². The van der Waals surface area contributed by atoms with E-state index < -0.39 is 12.0 Å². The molecule has 2 aromatic carbocycles. The summed E-state index contributed by atoms with van der Waals surface area (Å²) in [5.74, 6) is 0.123. The molecule has 5 heteroatoms. The Morgan fingerprint density at radius 1 is 1.10 bits per heavy atom. The maximum Gasteiger partial charge on any atom is 0.387 e. The second kappa shape index (κ2) is 7.04. The molecule has 0 bridgehead atoms. The van der Waals surface area contributed by atoms with Crippen LogP contribution in [-0.4, -0.2) is 6.61 Å². The highest BCUT2D eigenvalue weighted by molar-refractivity contribution is 9.10. The molecule has 20 heavy (non-hydrogen) atoms. The molecular formula is C15H12BrClF2O. The molecule has 0 N–H and O–H groups in total. The number of para-hydroxylation sites is 1. The summed E-state index contributed by atoms with van der Waals surface area (Å²) in [6, 6.07) is 14.3. The number of alkyl halides is 3. The highest BCUT2D eigenvalue weighted by atomic mass is 79.9. The van der Waals surface area contributed by atoms with Crippen LogP contribution >= 0.6 is 27.5 Å². The minimum absolute atomic E-state index is 0.123. The fraction of sp³-hybridized carbons (Fsp3) is 0.200. The number of hydrogen-bond donors (Lipinski definition) is 0. The van der Waals surface area contributed by atoms with E-state index in [9.17, 15) is 8.78 Å². The summed E-state index contributed by atoms with van der Waals surface area (Å²) in [7, 11) is 0. The molecule has 0 fully saturated rings. The van der Waals surface area contributed by atoms with Crippen LogP contribution in [0.4, 0.5) is 8.78 Å². The normalized spacial score (nSPS) is 12.4. The average Bonchev–Trinajstić information content (AvgIpc) is 2.38. The zero-order valence-electron chi connectivity index (χ0n) is 10.4. The highest BCUT2D eigenvalue weighted by Crippen LogP contribution is 2.33. The molecule has 0 aliphatic carbocycles. The summed E-state index contributed by atoms with van der Waals surface area (Å²) < 4.78 is 30.2. The molecule has 0 amide bonds. The van der Waals surface area contributed by atoms with Crippen molar-refractivity contribution in [3.05, 3.63) is 64.1 Å². The molecule has 1 atom stereocenters. The quantitative estimate of drug-likeness (QED) is 0.632. The summed E-state index contributed by atoms with van der Waals surface area (Å²) >= 11 is 9.73. The van der Waals surface area contributed by atoms with Gasteiger partial charge in [-0.05, 0) is 30.2 Å². The zero-order valence-corrected chi connectivity index (χ0v) is 12.7. The lowest BCUT2D eigenvalue weighted by molar-refractivity contribution is -0.0504. The molecule has 0 aliphatic heterocycles. The van der Waals surface area contributed by atoms with Crippen molar-refractivity contribution >= 4 is 27.5 Å². The number of ether oxygens (including phenoxy) is 1. The molecule has 0 spiro atoms. The van der Waals surface area contributed by atoms with Gasteiger partial charge >= 0.3 is 6.61 Å². The molecule has 2 aromatic rings. The Kier molecular flexibility index (Phi) is 5.38. The van der Waals surface area contributed by atoms with Crippen molar-refractivity contribution in [2.24, 2.45) is 0 Å². The van der Waals surface area contributed by atoms with Crippen molar-refractivity contribution in [2.45, 2.75) is 18.4 Å². The summed E-state index contributed by atoms with van der Waals surface area (Å²) in [6.07, 6.45) is 0.532. The van der Waals surface area contributed by atoms with Gasteiger partial charge < -0.3 is 4.74 Å². The first-order chi connectivity index (χ1) is 9.56. The fourth-order valence-electron chi connectivity index (χ4n) is 1.92. The lowest BCUT2D eigenvalue weighted by Gasteiger charge is -2.15. The Morgan fingerprint density at radius 2 is 1.85 bits per heavy atom. The first-order valence-corrected chi connectivity index (χ1v) is 7.21. The molecule has 0 saturated carbocycles. The molecule has 106 valence electrons. The summed E-state index contributed by atoms with van der Waals surface area (Å²) in [4.78, 5) is 0. The van der Waals surface area contributed by atoms with E-state index >= 15 is 0 Å². The first kappa shape index (κ1) is 15.3. The van der Waals surface area contributed by atoms with Crippen molar-refractivity contribution in [3.63, 3.8) is 0 Å². The van der Waals surface area contributed by atoms with Crippen LogP contribution < -0.4 is 4.74 Å². The van der Waals surface area contributed by atoms with Crippen LogP contribution in [0.3, 0.4) is 0 Å². The van der Waals surface area contributed by atoms with Crippen molar-refractivity contribution in [1.82, 2.24) is 0 Å². The molecule has 2 rings (SSSR count). The molecule has 0 heterocycles. The minimum atomic E-state index is -2.86. The third kappa shape index (κ3) is 4.18. The minimum Gasteiger partial charge on any atom is -0.434 e. The van der Waals surface area contributed by atoms with Gasteiger partial charge in [-0.25, -0.2) is 0 Å². The predicted octanol–water partition coefficient (Wildman–Crippen LogP) is 5.57. The maximum absolute atomic E-state index is 12.4.